The molecule has 0 aliphatic carbocycles. The maximum absolute atomic E-state index is 6.67. The molecule has 268 valence electrons. The molecule has 1 atom stereocenters. The Hall–Kier alpha value is -7.70. The van der Waals surface area contributed by atoms with Crippen LogP contribution in [0, 0.1) is 0 Å². The van der Waals surface area contributed by atoms with Gasteiger partial charge in [0.2, 0.25) is 0 Å². The molecule has 6 nitrogen and oxygen atoms in total. The second kappa shape index (κ2) is 12.4. The number of hydrogen-bond acceptors (Lipinski definition) is 5. The Morgan fingerprint density at radius 1 is 0.474 bits per heavy atom. The predicted molar refractivity (Wildman–Crippen MR) is 233 cm³/mol. The van der Waals surface area contributed by atoms with E-state index >= 15 is 0 Å². The second-order valence-electron chi connectivity index (χ2n) is 14.6. The first-order valence-corrected chi connectivity index (χ1v) is 19.2. The van der Waals surface area contributed by atoms with Gasteiger partial charge in [0.1, 0.15) is 34.3 Å². The summed E-state index contributed by atoms with van der Waals surface area (Å²) < 4.78 is 15.6. The lowest BCUT2D eigenvalue weighted by atomic mass is 9.99. The van der Waals surface area contributed by atoms with Gasteiger partial charge < -0.3 is 18.7 Å². The van der Waals surface area contributed by atoms with E-state index in [-0.39, 0.29) is 6.17 Å². The molecular weight excluding hydrogens is 701 g/mol. The minimum Gasteiger partial charge on any atom is -0.456 e. The second-order valence-corrected chi connectivity index (χ2v) is 14.6. The fourth-order valence-electron chi connectivity index (χ4n) is 8.65. The summed E-state index contributed by atoms with van der Waals surface area (Å²) in [6.45, 7) is 0. The van der Waals surface area contributed by atoms with Crippen molar-refractivity contribution in [3.8, 4) is 16.8 Å². The fraction of sp³-hybridized carbons (Fsp3) is 0.0196. The molecule has 0 amide bonds. The lowest BCUT2D eigenvalue weighted by Gasteiger charge is -2.23. The van der Waals surface area contributed by atoms with Crippen LogP contribution in [0.5, 0.6) is 0 Å². The highest BCUT2D eigenvalue weighted by Crippen LogP contribution is 2.41. The van der Waals surface area contributed by atoms with E-state index < -0.39 is 0 Å². The van der Waals surface area contributed by atoms with E-state index in [1.54, 1.807) is 0 Å². The van der Waals surface area contributed by atoms with E-state index in [9.17, 15) is 0 Å². The molecule has 0 fully saturated rings. The van der Waals surface area contributed by atoms with Crippen LogP contribution in [-0.4, -0.2) is 16.2 Å². The third kappa shape index (κ3) is 4.97. The zero-order chi connectivity index (χ0) is 37.5. The van der Waals surface area contributed by atoms with Crippen LogP contribution in [-0.2, 0) is 0 Å². The number of amidine groups is 2. The molecule has 1 unspecified atom stereocenters. The minimum absolute atomic E-state index is 0.295. The Morgan fingerprint density at radius 2 is 1.18 bits per heavy atom. The molecule has 0 bridgehead atoms. The third-order valence-electron chi connectivity index (χ3n) is 11.3. The quantitative estimate of drug-likeness (QED) is 0.192. The monoisotopic (exact) mass is 732 g/mol. The Balaban J connectivity index is 0.980. The summed E-state index contributed by atoms with van der Waals surface area (Å²) in [6.07, 6.45) is -0.295. The topological polar surface area (TPSA) is 68.0 Å². The van der Waals surface area contributed by atoms with Crippen LogP contribution < -0.4 is 5.32 Å². The summed E-state index contributed by atoms with van der Waals surface area (Å²) in [4.78, 5) is 10.3. The van der Waals surface area contributed by atoms with Crippen LogP contribution in [0.3, 0.4) is 0 Å². The van der Waals surface area contributed by atoms with Crippen LogP contribution >= 0.6 is 0 Å². The average Bonchev–Trinajstić information content (AvgIpc) is 3.96. The van der Waals surface area contributed by atoms with Gasteiger partial charge in [-0.25, -0.2) is 9.98 Å². The molecule has 0 radical (unpaired) electrons. The molecule has 1 aliphatic rings. The first kappa shape index (κ1) is 31.6. The van der Waals surface area contributed by atoms with Crippen LogP contribution in [0.15, 0.2) is 201 Å². The van der Waals surface area contributed by atoms with Crippen LogP contribution in [0.4, 0.5) is 0 Å². The summed E-state index contributed by atoms with van der Waals surface area (Å²) in [6, 6.07) is 63.2. The number of benzene rings is 8. The van der Waals surface area contributed by atoms with Gasteiger partial charge in [0.05, 0.1) is 11.0 Å². The molecule has 0 saturated heterocycles. The molecule has 4 heterocycles. The molecule has 11 aromatic rings. The van der Waals surface area contributed by atoms with Crippen molar-refractivity contribution in [1.29, 1.82) is 0 Å². The summed E-state index contributed by atoms with van der Waals surface area (Å²) in [5.74, 6) is 1.44. The summed E-state index contributed by atoms with van der Waals surface area (Å²) >= 11 is 0. The van der Waals surface area contributed by atoms with Crippen molar-refractivity contribution in [2.24, 2.45) is 9.98 Å². The van der Waals surface area contributed by atoms with Gasteiger partial charge in [0, 0.05) is 54.7 Å². The Labute approximate surface area is 326 Å². The predicted octanol–water partition coefficient (Wildman–Crippen LogP) is 12.7. The third-order valence-corrected chi connectivity index (χ3v) is 11.3. The fourth-order valence-corrected chi connectivity index (χ4v) is 8.65. The van der Waals surface area contributed by atoms with Gasteiger partial charge in [-0.2, -0.15) is 0 Å². The molecule has 8 aromatic carbocycles. The number of rotatable bonds is 5. The highest BCUT2D eigenvalue weighted by Gasteiger charge is 2.24. The number of para-hydroxylation sites is 3. The Kier molecular flexibility index (Phi) is 6.89. The molecule has 3 aromatic heterocycles. The van der Waals surface area contributed by atoms with Crippen molar-refractivity contribution in [3.05, 3.63) is 199 Å². The normalized spacial score (nSPS) is 14.5. The number of aromatic nitrogens is 1. The zero-order valence-corrected chi connectivity index (χ0v) is 30.6. The average molecular weight is 733 g/mol. The van der Waals surface area contributed by atoms with Gasteiger partial charge in [0.25, 0.3) is 0 Å². The first-order chi connectivity index (χ1) is 28.2. The summed E-state index contributed by atoms with van der Waals surface area (Å²) in [5, 5.41) is 10.2. The van der Waals surface area contributed by atoms with Gasteiger partial charge in [-0.1, -0.05) is 133 Å². The molecule has 1 N–H and O–H groups in total. The van der Waals surface area contributed by atoms with Crippen molar-refractivity contribution >= 4 is 77.4 Å². The van der Waals surface area contributed by atoms with Crippen molar-refractivity contribution < 1.29 is 8.83 Å². The van der Waals surface area contributed by atoms with Crippen LogP contribution in [0.25, 0.3) is 82.5 Å². The standard InChI is InChI=1S/C51H32N4O2/c1-3-13-31(14-4-1)49-52-50(32-15-5-2-6-16-32)54-51(53-49)40-21-12-24-45-47(40)39-27-25-33(29-46(39)56-45)35-19-11-20-38-41-30-34(26-28-44(41)57-48(35)38)55-42-22-9-7-17-36(42)37-18-8-10-23-43(37)55/h1-30,49H,(H,52,53,54). The molecule has 1 aliphatic heterocycles. The van der Waals surface area contributed by atoms with Gasteiger partial charge >= 0.3 is 0 Å². The number of furan rings is 2. The molecule has 6 heteroatoms. The van der Waals surface area contributed by atoms with E-state index in [1.165, 1.54) is 21.8 Å². The number of aliphatic imine (C=N–C) groups is 2. The van der Waals surface area contributed by atoms with E-state index in [4.69, 9.17) is 18.8 Å². The number of nitrogens with zero attached hydrogens (tertiary/aromatic N) is 3. The van der Waals surface area contributed by atoms with Crippen LogP contribution in [0.1, 0.15) is 22.9 Å². The molecular formula is C51H32N4O2. The number of hydrogen-bond donors (Lipinski definition) is 1. The number of fused-ring (bicyclic) bond motifs is 9. The lowest BCUT2D eigenvalue weighted by Crippen LogP contribution is -2.33. The van der Waals surface area contributed by atoms with Crippen molar-refractivity contribution in [2.75, 3.05) is 0 Å². The Morgan fingerprint density at radius 3 is 1.98 bits per heavy atom. The highest BCUT2D eigenvalue weighted by molar-refractivity contribution is 6.22. The maximum Gasteiger partial charge on any atom is 0.160 e. The molecule has 57 heavy (non-hydrogen) atoms. The first-order valence-electron chi connectivity index (χ1n) is 19.2. The van der Waals surface area contributed by atoms with E-state index in [2.05, 4.69) is 143 Å². The SMILES string of the molecule is c1ccc(C2=NC(c3cccc4oc5cc(-c6cccc7c6oc6ccc(-n8c9ccccc9c9ccccc98)cc67)ccc5c34)=NC(c3ccccc3)N2)cc1. The largest absolute Gasteiger partial charge is 0.456 e. The zero-order valence-electron chi connectivity index (χ0n) is 30.6. The molecule has 12 rings (SSSR count). The minimum atomic E-state index is -0.295. The smallest absolute Gasteiger partial charge is 0.160 e. The van der Waals surface area contributed by atoms with Gasteiger partial charge in [-0.15, -0.1) is 0 Å². The Bertz CT molecular complexity index is 3390. The van der Waals surface area contributed by atoms with Crippen molar-refractivity contribution in [1.82, 2.24) is 9.88 Å². The van der Waals surface area contributed by atoms with Gasteiger partial charge in [0.15, 0.2) is 5.84 Å². The highest BCUT2D eigenvalue weighted by atomic mass is 16.3. The van der Waals surface area contributed by atoms with E-state index in [0.29, 0.717) is 5.84 Å². The van der Waals surface area contributed by atoms with Gasteiger partial charge in [-0.3, -0.25) is 0 Å². The lowest BCUT2D eigenvalue weighted by molar-refractivity contribution is 0.667. The summed E-state index contributed by atoms with van der Waals surface area (Å²) in [5.41, 5.74) is 11.8. The van der Waals surface area contributed by atoms with Gasteiger partial charge in [-0.05, 0) is 59.7 Å². The van der Waals surface area contributed by atoms with E-state index in [1.807, 2.05) is 48.5 Å². The van der Waals surface area contributed by atoms with Crippen molar-refractivity contribution in [2.45, 2.75) is 6.17 Å². The molecule has 0 saturated carbocycles. The van der Waals surface area contributed by atoms with Crippen molar-refractivity contribution in [3.63, 3.8) is 0 Å². The molecule has 0 spiro atoms. The number of nitrogens with one attached hydrogen (secondary N) is 1. The maximum atomic E-state index is 6.67. The summed E-state index contributed by atoms with van der Waals surface area (Å²) in [7, 11) is 0. The van der Waals surface area contributed by atoms with E-state index in [0.717, 1.165) is 83.2 Å². The van der Waals surface area contributed by atoms with Crippen LogP contribution in [0.2, 0.25) is 0 Å².